The monoisotopic (exact) mass is 440 g/mol. The molecule has 0 unspecified atom stereocenters. The van der Waals surface area contributed by atoms with Crippen LogP contribution in [-0.4, -0.2) is 24.6 Å². The van der Waals surface area contributed by atoms with E-state index in [-0.39, 0.29) is 18.0 Å². The van der Waals surface area contributed by atoms with Crippen LogP contribution in [0.5, 0.6) is 0 Å². The Kier molecular flexibility index (Phi) is 21.4. The van der Waals surface area contributed by atoms with Crippen LogP contribution >= 0.6 is 0 Å². The molecule has 1 atom stereocenters. The van der Waals surface area contributed by atoms with E-state index < -0.39 is 0 Å². The molecule has 0 saturated heterocycles. The van der Waals surface area contributed by atoms with Crippen LogP contribution in [0.4, 0.5) is 0 Å². The number of rotatable bonds is 22. The number of carbonyl (C=O) groups excluding carboxylic acids is 2. The number of ether oxygens (including phenoxy) is 2. The zero-order valence-corrected chi connectivity index (χ0v) is 21.2. The third kappa shape index (κ3) is 19.4. The van der Waals surface area contributed by atoms with Crippen LogP contribution in [0.2, 0.25) is 0 Å². The quantitative estimate of drug-likeness (QED) is 0.126. The summed E-state index contributed by atoms with van der Waals surface area (Å²) in [4.78, 5) is 23.4. The largest absolute Gasteiger partial charge is 0.465 e. The topological polar surface area (TPSA) is 52.6 Å². The second kappa shape index (κ2) is 22.1. The Morgan fingerprint density at radius 1 is 0.645 bits per heavy atom. The van der Waals surface area contributed by atoms with E-state index in [9.17, 15) is 9.59 Å². The van der Waals surface area contributed by atoms with E-state index >= 15 is 0 Å². The van der Waals surface area contributed by atoms with Gasteiger partial charge in [0.1, 0.15) is 6.10 Å². The van der Waals surface area contributed by atoms with Gasteiger partial charge >= 0.3 is 11.9 Å². The number of carbonyl (C=O) groups is 2. The first-order valence-electron chi connectivity index (χ1n) is 13.4. The molecule has 4 nitrogen and oxygen atoms in total. The van der Waals surface area contributed by atoms with Crippen molar-refractivity contribution in [3.8, 4) is 0 Å². The summed E-state index contributed by atoms with van der Waals surface area (Å²) < 4.78 is 11.0. The first-order chi connectivity index (χ1) is 15.1. The van der Waals surface area contributed by atoms with E-state index in [1.54, 1.807) is 0 Å². The van der Waals surface area contributed by atoms with Gasteiger partial charge in [-0.1, -0.05) is 98.3 Å². The molecule has 0 fully saturated rings. The van der Waals surface area contributed by atoms with Crippen molar-refractivity contribution >= 4 is 11.9 Å². The maximum Gasteiger partial charge on any atom is 0.305 e. The van der Waals surface area contributed by atoms with Gasteiger partial charge in [-0.2, -0.15) is 0 Å². The summed E-state index contributed by atoms with van der Waals surface area (Å²) in [6.07, 6.45) is 19.7. The summed E-state index contributed by atoms with van der Waals surface area (Å²) in [7, 11) is 0. The van der Waals surface area contributed by atoms with Gasteiger partial charge in [0.05, 0.1) is 6.61 Å². The molecule has 31 heavy (non-hydrogen) atoms. The highest BCUT2D eigenvalue weighted by Gasteiger charge is 2.13. The fourth-order valence-electron chi connectivity index (χ4n) is 3.84. The molecule has 0 saturated carbocycles. The lowest BCUT2D eigenvalue weighted by Crippen LogP contribution is -2.17. The van der Waals surface area contributed by atoms with Crippen LogP contribution in [0.25, 0.3) is 0 Å². The van der Waals surface area contributed by atoms with Crippen molar-refractivity contribution < 1.29 is 19.1 Å². The maximum absolute atomic E-state index is 11.8. The van der Waals surface area contributed by atoms with Gasteiger partial charge in [0.2, 0.25) is 0 Å². The Bertz CT molecular complexity index is 417. The molecule has 0 rings (SSSR count). The third-order valence-electron chi connectivity index (χ3n) is 6.26. The average Bonchev–Trinajstić information content (AvgIpc) is 2.78. The summed E-state index contributed by atoms with van der Waals surface area (Å²) in [6, 6.07) is 0. The van der Waals surface area contributed by atoms with E-state index in [0.717, 1.165) is 44.9 Å². The van der Waals surface area contributed by atoms with Crippen LogP contribution < -0.4 is 0 Å². The minimum Gasteiger partial charge on any atom is -0.465 e. The van der Waals surface area contributed by atoms with Crippen LogP contribution in [0, 0.1) is 5.92 Å². The molecule has 0 amide bonds. The van der Waals surface area contributed by atoms with E-state index in [4.69, 9.17) is 9.47 Å². The zero-order valence-electron chi connectivity index (χ0n) is 21.2. The highest BCUT2D eigenvalue weighted by atomic mass is 16.5. The van der Waals surface area contributed by atoms with Gasteiger partial charge in [-0.05, 0) is 38.0 Å². The zero-order chi connectivity index (χ0) is 23.2. The van der Waals surface area contributed by atoms with E-state index in [2.05, 4.69) is 20.8 Å². The van der Waals surface area contributed by atoms with Gasteiger partial charge < -0.3 is 9.47 Å². The Hall–Kier alpha value is -1.06. The van der Waals surface area contributed by atoms with Gasteiger partial charge in [-0.3, -0.25) is 9.59 Å². The van der Waals surface area contributed by atoms with E-state index in [1.807, 2.05) is 6.92 Å². The molecule has 0 aliphatic carbocycles. The fraction of sp³-hybridized carbons (Fsp3) is 0.926. The molecule has 0 N–H and O–H groups in total. The van der Waals surface area contributed by atoms with Crippen molar-refractivity contribution in [1.82, 2.24) is 0 Å². The molecule has 0 radical (unpaired) electrons. The Labute approximate surface area is 193 Å². The minimum atomic E-state index is -0.0556. The SMILES string of the molecule is CCCCCC[C@@H](CCCCCCCCCCC(=O)OCC(CC)CC)OC(=O)CC. The minimum absolute atomic E-state index is 0.0279. The summed E-state index contributed by atoms with van der Waals surface area (Å²) in [5.74, 6) is 0.429. The van der Waals surface area contributed by atoms with E-state index in [0.29, 0.717) is 25.4 Å². The molecule has 0 aromatic heterocycles. The highest BCUT2D eigenvalue weighted by Crippen LogP contribution is 2.17. The lowest BCUT2D eigenvalue weighted by molar-refractivity contribution is -0.149. The smallest absolute Gasteiger partial charge is 0.305 e. The van der Waals surface area contributed by atoms with Crippen LogP contribution in [-0.2, 0) is 19.1 Å². The van der Waals surface area contributed by atoms with Gasteiger partial charge in [0.15, 0.2) is 0 Å². The van der Waals surface area contributed by atoms with Crippen molar-refractivity contribution in [2.45, 2.75) is 149 Å². The second-order valence-corrected chi connectivity index (χ2v) is 9.05. The third-order valence-corrected chi connectivity index (χ3v) is 6.26. The predicted octanol–water partition coefficient (Wildman–Crippen LogP) is 8.16. The molecule has 0 aromatic carbocycles. The summed E-state index contributed by atoms with van der Waals surface area (Å²) in [5.41, 5.74) is 0. The van der Waals surface area contributed by atoms with Gasteiger partial charge in [-0.15, -0.1) is 0 Å². The molecular formula is C27H52O4. The van der Waals surface area contributed by atoms with Crippen LogP contribution in [0.15, 0.2) is 0 Å². The number of hydrogen-bond acceptors (Lipinski definition) is 4. The lowest BCUT2D eigenvalue weighted by Gasteiger charge is -2.17. The molecule has 4 heteroatoms. The standard InChI is InChI=1S/C27H52O4/c1-5-9-10-17-20-25(31-26(28)8-4)21-18-15-13-11-12-14-16-19-22-27(29)30-23-24(6-2)7-3/h24-25H,5-23H2,1-4H3/t25-/m0/s1. The maximum atomic E-state index is 11.8. The molecule has 0 spiro atoms. The summed E-state index contributed by atoms with van der Waals surface area (Å²) in [6.45, 7) is 8.97. The Balaban J connectivity index is 3.65. The van der Waals surface area contributed by atoms with Gasteiger partial charge in [0.25, 0.3) is 0 Å². The molecular weight excluding hydrogens is 388 g/mol. The highest BCUT2D eigenvalue weighted by molar-refractivity contribution is 5.69. The first kappa shape index (κ1) is 29.9. The van der Waals surface area contributed by atoms with Gasteiger partial charge in [-0.25, -0.2) is 0 Å². The van der Waals surface area contributed by atoms with Crippen molar-refractivity contribution in [3.63, 3.8) is 0 Å². The first-order valence-corrected chi connectivity index (χ1v) is 13.4. The average molecular weight is 441 g/mol. The van der Waals surface area contributed by atoms with Crippen molar-refractivity contribution in [2.24, 2.45) is 5.92 Å². The Morgan fingerprint density at radius 2 is 1.16 bits per heavy atom. The number of esters is 2. The number of unbranched alkanes of at least 4 members (excludes halogenated alkanes) is 10. The van der Waals surface area contributed by atoms with Crippen LogP contribution in [0.3, 0.4) is 0 Å². The van der Waals surface area contributed by atoms with Crippen LogP contribution in [0.1, 0.15) is 143 Å². The number of hydrogen-bond donors (Lipinski definition) is 0. The molecule has 184 valence electrons. The summed E-state index contributed by atoms with van der Waals surface area (Å²) in [5, 5.41) is 0. The summed E-state index contributed by atoms with van der Waals surface area (Å²) >= 11 is 0. The lowest BCUT2D eigenvalue weighted by atomic mass is 10.0. The fourth-order valence-corrected chi connectivity index (χ4v) is 3.84. The van der Waals surface area contributed by atoms with Crippen molar-refractivity contribution in [3.05, 3.63) is 0 Å². The van der Waals surface area contributed by atoms with Gasteiger partial charge in [0, 0.05) is 12.8 Å². The predicted molar refractivity (Wildman–Crippen MR) is 130 cm³/mol. The molecule has 0 aromatic rings. The molecule has 0 heterocycles. The van der Waals surface area contributed by atoms with Crippen molar-refractivity contribution in [2.75, 3.05) is 6.61 Å². The molecule has 0 bridgehead atoms. The second-order valence-electron chi connectivity index (χ2n) is 9.05. The molecule has 0 aliphatic heterocycles. The van der Waals surface area contributed by atoms with Crippen molar-refractivity contribution in [1.29, 1.82) is 0 Å². The normalized spacial score (nSPS) is 12.2. The van der Waals surface area contributed by atoms with E-state index in [1.165, 1.54) is 57.8 Å². The Morgan fingerprint density at radius 3 is 1.68 bits per heavy atom. The molecule has 0 aliphatic rings.